The lowest BCUT2D eigenvalue weighted by Gasteiger charge is -2.40. The van der Waals surface area contributed by atoms with E-state index < -0.39 is 0 Å². The van der Waals surface area contributed by atoms with Crippen molar-refractivity contribution in [3.8, 4) is 11.5 Å². The highest BCUT2D eigenvalue weighted by atomic mass is 16.6. The zero-order valence-electron chi connectivity index (χ0n) is 11.0. The Balaban J connectivity index is 1.98. The molecule has 4 atom stereocenters. The van der Waals surface area contributed by atoms with Crippen molar-refractivity contribution in [1.29, 1.82) is 0 Å². The Bertz CT molecular complexity index is 525. The van der Waals surface area contributed by atoms with Crippen molar-refractivity contribution in [2.45, 2.75) is 43.3 Å². The SMILES string of the molecule is COc1ccc(OC)c2c1[C@H]1CC[C@@H]2[C@@]2(C)O[C@@H]12. The van der Waals surface area contributed by atoms with Gasteiger partial charge in [0.15, 0.2) is 0 Å². The molecule has 3 heteroatoms. The molecular weight excluding hydrogens is 228 g/mol. The van der Waals surface area contributed by atoms with Gasteiger partial charge in [-0.05, 0) is 31.9 Å². The van der Waals surface area contributed by atoms with Gasteiger partial charge in [-0.3, -0.25) is 0 Å². The first kappa shape index (κ1) is 10.7. The van der Waals surface area contributed by atoms with Crippen molar-refractivity contribution >= 4 is 0 Å². The maximum absolute atomic E-state index is 6.02. The predicted octanol–water partition coefficient (Wildman–Crippen LogP) is 2.84. The molecule has 0 radical (unpaired) electrons. The lowest BCUT2D eigenvalue weighted by Crippen LogP contribution is -2.36. The smallest absolute Gasteiger partial charge is 0.123 e. The fourth-order valence-electron chi connectivity index (χ4n) is 4.21. The summed E-state index contributed by atoms with van der Waals surface area (Å²) in [6.07, 6.45) is 2.81. The molecule has 0 spiro atoms. The molecule has 0 unspecified atom stereocenters. The summed E-state index contributed by atoms with van der Waals surface area (Å²) in [4.78, 5) is 0. The van der Waals surface area contributed by atoms with E-state index in [0.717, 1.165) is 11.5 Å². The molecule has 3 aliphatic carbocycles. The number of methoxy groups -OCH3 is 2. The second-order valence-corrected chi connectivity index (χ2v) is 5.76. The Morgan fingerprint density at radius 2 is 1.78 bits per heavy atom. The third kappa shape index (κ3) is 1.05. The van der Waals surface area contributed by atoms with Crippen LogP contribution >= 0.6 is 0 Å². The van der Waals surface area contributed by atoms with Crippen LogP contribution in [0.5, 0.6) is 11.5 Å². The molecule has 1 saturated carbocycles. The van der Waals surface area contributed by atoms with Gasteiger partial charge in [0, 0.05) is 23.0 Å². The summed E-state index contributed by atoms with van der Waals surface area (Å²) in [6.45, 7) is 2.25. The van der Waals surface area contributed by atoms with Gasteiger partial charge in [0.2, 0.25) is 0 Å². The molecule has 0 N–H and O–H groups in total. The van der Waals surface area contributed by atoms with Gasteiger partial charge in [-0.1, -0.05) is 0 Å². The van der Waals surface area contributed by atoms with Crippen LogP contribution in [0.15, 0.2) is 12.1 Å². The van der Waals surface area contributed by atoms with Crippen LogP contribution < -0.4 is 9.47 Å². The van der Waals surface area contributed by atoms with Crippen LogP contribution in [0.4, 0.5) is 0 Å². The highest BCUT2D eigenvalue weighted by Crippen LogP contribution is 2.68. The first-order valence-corrected chi connectivity index (χ1v) is 6.63. The van der Waals surface area contributed by atoms with Gasteiger partial charge in [0.05, 0.1) is 25.9 Å². The summed E-state index contributed by atoms with van der Waals surface area (Å²) in [6, 6.07) is 4.05. The number of epoxide rings is 1. The summed E-state index contributed by atoms with van der Waals surface area (Å²) >= 11 is 0. The van der Waals surface area contributed by atoms with Crippen molar-refractivity contribution in [2.75, 3.05) is 14.2 Å². The molecule has 5 rings (SSSR count). The highest BCUT2D eigenvalue weighted by molar-refractivity contribution is 5.59. The van der Waals surface area contributed by atoms with Gasteiger partial charge in [-0.2, -0.15) is 0 Å². The van der Waals surface area contributed by atoms with E-state index in [1.807, 2.05) is 12.1 Å². The third-order valence-corrected chi connectivity index (χ3v) is 5.08. The maximum atomic E-state index is 6.02. The predicted molar refractivity (Wildman–Crippen MR) is 67.5 cm³/mol. The minimum atomic E-state index is 0.0512. The van der Waals surface area contributed by atoms with Crippen LogP contribution in [0.1, 0.15) is 42.7 Å². The summed E-state index contributed by atoms with van der Waals surface area (Å²) < 4.78 is 17.1. The van der Waals surface area contributed by atoms with Gasteiger partial charge in [-0.15, -0.1) is 0 Å². The second kappa shape index (κ2) is 3.21. The van der Waals surface area contributed by atoms with E-state index in [2.05, 4.69) is 6.92 Å². The van der Waals surface area contributed by atoms with E-state index >= 15 is 0 Å². The van der Waals surface area contributed by atoms with E-state index in [1.54, 1.807) is 14.2 Å². The summed E-state index contributed by atoms with van der Waals surface area (Å²) in [5, 5.41) is 0. The Kier molecular flexibility index (Phi) is 1.90. The van der Waals surface area contributed by atoms with Crippen molar-refractivity contribution in [3.63, 3.8) is 0 Å². The average molecular weight is 246 g/mol. The van der Waals surface area contributed by atoms with Crippen molar-refractivity contribution in [3.05, 3.63) is 23.3 Å². The summed E-state index contributed by atoms with van der Waals surface area (Å²) in [5.74, 6) is 2.95. The quantitative estimate of drug-likeness (QED) is 0.752. The topological polar surface area (TPSA) is 31.0 Å². The molecule has 1 aromatic rings. The fraction of sp³-hybridized carbons (Fsp3) is 0.600. The van der Waals surface area contributed by atoms with Crippen LogP contribution in [0.3, 0.4) is 0 Å². The zero-order chi connectivity index (χ0) is 12.5. The van der Waals surface area contributed by atoms with E-state index in [0.29, 0.717) is 17.9 Å². The van der Waals surface area contributed by atoms with E-state index in [9.17, 15) is 0 Å². The summed E-state index contributed by atoms with van der Waals surface area (Å²) in [5.41, 5.74) is 2.73. The lowest BCUT2D eigenvalue weighted by molar-refractivity contribution is 0.268. The number of hydrogen-bond acceptors (Lipinski definition) is 3. The molecule has 1 saturated heterocycles. The molecule has 96 valence electrons. The molecule has 0 amide bonds. The lowest BCUT2D eigenvalue weighted by atomic mass is 9.62. The number of ether oxygens (including phenoxy) is 3. The molecular formula is C15H18O3. The van der Waals surface area contributed by atoms with Gasteiger partial charge in [-0.25, -0.2) is 0 Å². The molecule has 18 heavy (non-hydrogen) atoms. The Labute approximate surface area is 107 Å². The Morgan fingerprint density at radius 1 is 1.11 bits per heavy atom. The van der Waals surface area contributed by atoms with E-state index in [4.69, 9.17) is 14.2 Å². The third-order valence-electron chi connectivity index (χ3n) is 5.08. The number of hydrogen-bond donors (Lipinski definition) is 0. The van der Waals surface area contributed by atoms with Gasteiger partial charge < -0.3 is 14.2 Å². The first-order chi connectivity index (χ1) is 8.70. The maximum Gasteiger partial charge on any atom is 0.123 e. The number of benzene rings is 1. The normalized spacial score (nSPS) is 38.9. The van der Waals surface area contributed by atoms with E-state index in [-0.39, 0.29) is 5.60 Å². The molecule has 2 bridgehead atoms. The molecule has 1 aliphatic heterocycles. The molecule has 1 heterocycles. The molecule has 1 aromatic carbocycles. The van der Waals surface area contributed by atoms with Crippen LogP contribution in [0.2, 0.25) is 0 Å². The van der Waals surface area contributed by atoms with Gasteiger partial charge in [0.25, 0.3) is 0 Å². The number of fused-ring (bicyclic) bond motifs is 1. The zero-order valence-corrected chi connectivity index (χ0v) is 11.0. The first-order valence-electron chi connectivity index (χ1n) is 6.63. The summed E-state index contributed by atoms with van der Waals surface area (Å²) in [7, 11) is 3.50. The van der Waals surface area contributed by atoms with Crippen molar-refractivity contribution in [1.82, 2.24) is 0 Å². The second-order valence-electron chi connectivity index (χ2n) is 5.76. The minimum absolute atomic E-state index is 0.0512. The Morgan fingerprint density at radius 3 is 2.44 bits per heavy atom. The van der Waals surface area contributed by atoms with Crippen molar-refractivity contribution < 1.29 is 14.2 Å². The number of rotatable bonds is 2. The Hall–Kier alpha value is -1.22. The standard InChI is InChI=1S/C15H18O3/c1-15-9-5-4-8(14(15)18-15)12-10(16-2)6-7-11(17-3)13(9)12/h6-9,14H,4-5H2,1-3H3/t8-,9+,14+,15-/m1/s1. The fourth-order valence-corrected chi connectivity index (χ4v) is 4.21. The van der Waals surface area contributed by atoms with Gasteiger partial charge in [0.1, 0.15) is 11.5 Å². The highest BCUT2D eigenvalue weighted by Gasteiger charge is 2.68. The molecule has 4 aliphatic rings. The van der Waals surface area contributed by atoms with E-state index in [1.165, 1.54) is 24.0 Å². The average Bonchev–Trinajstić information content (AvgIpc) is 3.12. The monoisotopic (exact) mass is 246 g/mol. The van der Waals surface area contributed by atoms with Crippen LogP contribution in [-0.4, -0.2) is 25.9 Å². The molecule has 3 nitrogen and oxygen atoms in total. The van der Waals surface area contributed by atoms with Crippen LogP contribution in [0, 0.1) is 0 Å². The van der Waals surface area contributed by atoms with Crippen molar-refractivity contribution in [2.24, 2.45) is 0 Å². The van der Waals surface area contributed by atoms with Gasteiger partial charge >= 0.3 is 0 Å². The van der Waals surface area contributed by atoms with Crippen LogP contribution in [0.25, 0.3) is 0 Å². The minimum Gasteiger partial charge on any atom is -0.496 e. The largest absolute Gasteiger partial charge is 0.496 e. The molecule has 2 fully saturated rings. The van der Waals surface area contributed by atoms with Crippen LogP contribution in [-0.2, 0) is 4.74 Å². The molecule has 0 aromatic heterocycles.